The molecule has 2 aromatic heterocycles. The predicted octanol–water partition coefficient (Wildman–Crippen LogP) is 1.02. The first-order valence-electron chi connectivity index (χ1n) is 3.44. The molecule has 0 aliphatic carbocycles. The summed E-state index contributed by atoms with van der Waals surface area (Å²) in [5.41, 5.74) is 6.85. The van der Waals surface area contributed by atoms with Gasteiger partial charge in [0.05, 0.1) is 11.7 Å². The second kappa shape index (κ2) is 2.24. The Hall–Kier alpha value is -2.02. The number of aromatic amines is 1. The van der Waals surface area contributed by atoms with E-state index in [4.69, 9.17) is 11.0 Å². The number of fused-ring (bicyclic) bond motifs is 1. The average Bonchev–Trinajstić information content (AvgIpc) is 2.40. The van der Waals surface area contributed by atoms with Crippen molar-refractivity contribution in [1.29, 1.82) is 5.26 Å². The zero-order chi connectivity index (χ0) is 8.55. The van der Waals surface area contributed by atoms with Crippen molar-refractivity contribution in [3.63, 3.8) is 0 Å². The van der Waals surface area contributed by atoms with Gasteiger partial charge in [0.15, 0.2) is 0 Å². The van der Waals surface area contributed by atoms with Gasteiger partial charge >= 0.3 is 0 Å². The summed E-state index contributed by atoms with van der Waals surface area (Å²) in [5.74, 6) is 0.403. The van der Waals surface area contributed by atoms with Crippen LogP contribution in [-0.2, 0) is 0 Å². The Kier molecular flexibility index (Phi) is 1.25. The van der Waals surface area contributed by atoms with Crippen LogP contribution in [0.4, 0.5) is 5.82 Å². The van der Waals surface area contributed by atoms with Gasteiger partial charge < -0.3 is 10.7 Å². The molecule has 0 spiro atoms. The van der Waals surface area contributed by atoms with Crippen LogP contribution in [-0.4, -0.2) is 9.97 Å². The molecule has 0 fully saturated rings. The van der Waals surface area contributed by atoms with Crippen molar-refractivity contribution >= 4 is 16.7 Å². The molecule has 0 bridgehead atoms. The van der Waals surface area contributed by atoms with Gasteiger partial charge in [0, 0.05) is 11.6 Å². The van der Waals surface area contributed by atoms with E-state index in [1.807, 2.05) is 6.07 Å². The van der Waals surface area contributed by atoms with Gasteiger partial charge in [-0.25, -0.2) is 0 Å². The Morgan fingerprint density at radius 1 is 1.58 bits per heavy atom. The lowest BCUT2D eigenvalue weighted by molar-refractivity contribution is 1.34. The summed E-state index contributed by atoms with van der Waals surface area (Å²) in [6.07, 6.45) is 3.28. The molecule has 0 saturated carbocycles. The molecule has 0 atom stereocenters. The molecule has 2 heterocycles. The molecule has 0 radical (unpaired) electrons. The van der Waals surface area contributed by atoms with Gasteiger partial charge in [-0.15, -0.1) is 0 Å². The summed E-state index contributed by atoms with van der Waals surface area (Å²) in [7, 11) is 0. The predicted molar refractivity (Wildman–Crippen MR) is 45.2 cm³/mol. The first-order chi connectivity index (χ1) is 5.83. The summed E-state index contributed by atoms with van der Waals surface area (Å²) in [6.45, 7) is 0. The third kappa shape index (κ3) is 0.736. The SMILES string of the molecule is N#Cc1c(N)[nH]c2cnccc12. The molecule has 12 heavy (non-hydrogen) atoms. The van der Waals surface area contributed by atoms with Crippen LogP contribution < -0.4 is 5.73 Å². The van der Waals surface area contributed by atoms with E-state index in [9.17, 15) is 0 Å². The highest BCUT2D eigenvalue weighted by atomic mass is 14.9. The summed E-state index contributed by atoms with van der Waals surface area (Å²) >= 11 is 0. The zero-order valence-corrected chi connectivity index (χ0v) is 6.20. The van der Waals surface area contributed by atoms with Gasteiger partial charge in [-0.2, -0.15) is 5.26 Å². The highest BCUT2D eigenvalue weighted by Crippen LogP contribution is 2.21. The maximum Gasteiger partial charge on any atom is 0.120 e. The van der Waals surface area contributed by atoms with Crippen molar-refractivity contribution in [1.82, 2.24) is 9.97 Å². The van der Waals surface area contributed by atoms with Crippen molar-refractivity contribution in [2.24, 2.45) is 0 Å². The van der Waals surface area contributed by atoms with Gasteiger partial charge in [0.1, 0.15) is 17.5 Å². The first kappa shape index (κ1) is 6.68. The molecule has 0 aliphatic heterocycles. The maximum atomic E-state index is 8.73. The van der Waals surface area contributed by atoms with E-state index in [0.29, 0.717) is 11.4 Å². The molecule has 2 rings (SSSR count). The van der Waals surface area contributed by atoms with E-state index in [2.05, 4.69) is 9.97 Å². The summed E-state index contributed by atoms with van der Waals surface area (Å²) in [5, 5.41) is 9.56. The van der Waals surface area contributed by atoms with Crippen LogP contribution in [0.2, 0.25) is 0 Å². The molecular weight excluding hydrogens is 152 g/mol. The van der Waals surface area contributed by atoms with Crippen LogP contribution in [0.1, 0.15) is 5.56 Å². The second-order valence-electron chi connectivity index (χ2n) is 2.45. The topological polar surface area (TPSA) is 78.5 Å². The van der Waals surface area contributed by atoms with Crippen molar-refractivity contribution in [2.45, 2.75) is 0 Å². The minimum Gasteiger partial charge on any atom is -0.384 e. The second-order valence-corrected chi connectivity index (χ2v) is 2.45. The standard InChI is InChI=1S/C8H6N4/c9-3-6-5-1-2-11-4-7(5)12-8(6)10/h1-2,4,12H,10H2. The van der Waals surface area contributed by atoms with Crippen molar-refractivity contribution in [3.05, 3.63) is 24.0 Å². The Morgan fingerprint density at radius 2 is 2.42 bits per heavy atom. The largest absolute Gasteiger partial charge is 0.384 e. The number of H-pyrrole nitrogens is 1. The summed E-state index contributed by atoms with van der Waals surface area (Å²) in [4.78, 5) is 6.78. The van der Waals surface area contributed by atoms with E-state index in [-0.39, 0.29) is 0 Å². The smallest absolute Gasteiger partial charge is 0.120 e. The minimum atomic E-state index is 0.403. The number of nitrogens with one attached hydrogen (secondary N) is 1. The van der Waals surface area contributed by atoms with Crippen LogP contribution in [0.3, 0.4) is 0 Å². The van der Waals surface area contributed by atoms with E-state index in [1.165, 1.54) is 0 Å². The van der Waals surface area contributed by atoms with Crippen molar-refractivity contribution < 1.29 is 0 Å². The Morgan fingerprint density at radius 3 is 3.17 bits per heavy atom. The number of anilines is 1. The number of nitrogen functional groups attached to an aromatic ring is 1. The molecule has 0 unspecified atom stereocenters. The van der Waals surface area contributed by atoms with Gasteiger partial charge in [0.25, 0.3) is 0 Å². The third-order valence-electron chi connectivity index (χ3n) is 1.74. The van der Waals surface area contributed by atoms with Crippen LogP contribution in [0.15, 0.2) is 18.5 Å². The molecule has 0 saturated heterocycles. The number of hydrogen-bond donors (Lipinski definition) is 2. The molecule has 0 aromatic carbocycles. The van der Waals surface area contributed by atoms with Gasteiger partial charge in [0.2, 0.25) is 0 Å². The average molecular weight is 158 g/mol. The Balaban J connectivity index is 2.93. The lowest BCUT2D eigenvalue weighted by atomic mass is 10.2. The molecule has 3 N–H and O–H groups in total. The lowest BCUT2D eigenvalue weighted by Gasteiger charge is -1.85. The number of aromatic nitrogens is 2. The van der Waals surface area contributed by atoms with Gasteiger partial charge in [-0.05, 0) is 6.07 Å². The van der Waals surface area contributed by atoms with Crippen LogP contribution in [0, 0.1) is 11.3 Å². The monoisotopic (exact) mass is 158 g/mol. The van der Waals surface area contributed by atoms with E-state index >= 15 is 0 Å². The summed E-state index contributed by atoms with van der Waals surface area (Å²) < 4.78 is 0. The van der Waals surface area contributed by atoms with Crippen LogP contribution >= 0.6 is 0 Å². The van der Waals surface area contributed by atoms with Crippen LogP contribution in [0.5, 0.6) is 0 Å². The Bertz CT molecular complexity index is 463. The number of nitrogens with zero attached hydrogens (tertiary/aromatic N) is 2. The number of rotatable bonds is 0. The van der Waals surface area contributed by atoms with Gasteiger partial charge in [-0.1, -0.05) is 0 Å². The van der Waals surface area contributed by atoms with Crippen LogP contribution in [0.25, 0.3) is 10.9 Å². The zero-order valence-electron chi connectivity index (χ0n) is 6.20. The fourth-order valence-corrected chi connectivity index (χ4v) is 1.19. The van der Waals surface area contributed by atoms with E-state index in [0.717, 1.165) is 10.9 Å². The normalized spacial score (nSPS) is 9.92. The molecular formula is C8H6N4. The third-order valence-corrected chi connectivity index (χ3v) is 1.74. The molecule has 4 nitrogen and oxygen atoms in total. The maximum absolute atomic E-state index is 8.73. The number of nitrogens with two attached hydrogens (primary N) is 1. The van der Waals surface area contributed by atoms with E-state index in [1.54, 1.807) is 18.5 Å². The lowest BCUT2D eigenvalue weighted by Crippen LogP contribution is -1.85. The molecule has 2 aromatic rings. The highest BCUT2D eigenvalue weighted by molar-refractivity contribution is 5.90. The van der Waals surface area contributed by atoms with Gasteiger partial charge in [-0.3, -0.25) is 4.98 Å². The fraction of sp³-hybridized carbons (Fsp3) is 0. The number of pyridine rings is 1. The molecule has 58 valence electrons. The number of hydrogen-bond acceptors (Lipinski definition) is 3. The van der Waals surface area contributed by atoms with E-state index < -0.39 is 0 Å². The first-order valence-corrected chi connectivity index (χ1v) is 3.44. The fourth-order valence-electron chi connectivity index (χ4n) is 1.19. The molecule has 0 amide bonds. The quantitative estimate of drug-likeness (QED) is 0.600. The Labute approximate surface area is 68.6 Å². The van der Waals surface area contributed by atoms with Crippen molar-refractivity contribution in [3.8, 4) is 6.07 Å². The minimum absolute atomic E-state index is 0.403. The molecule has 4 heteroatoms. The summed E-state index contributed by atoms with van der Waals surface area (Å²) in [6, 6.07) is 3.80. The number of nitriles is 1. The molecule has 0 aliphatic rings. The van der Waals surface area contributed by atoms with Crippen molar-refractivity contribution in [2.75, 3.05) is 5.73 Å². The highest BCUT2D eigenvalue weighted by Gasteiger charge is 2.06.